The second-order valence-electron chi connectivity index (χ2n) is 7.73. The lowest BCUT2D eigenvalue weighted by molar-refractivity contribution is 0.144. The lowest BCUT2D eigenvalue weighted by Gasteiger charge is -2.29. The fraction of sp³-hybridized carbons (Fsp3) is 0.364. The number of hydrogen-bond acceptors (Lipinski definition) is 4. The first-order valence-corrected chi connectivity index (χ1v) is 10.4. The average molecular weight is 449 g/mol. The lowest BCUT2D eigenvalue weighted by atomic mass is 9.86. The molecule has 0 saturated heterocycles. The minimum absolute atomic E-state index is 0. The smallest absolute Gasteiger partial charge is 0.151 e. The molecule has 1 aliphatic heterocycles. The van der Waals surface area contributed by atoms with Crippen LogP contribution in [0, 0.1) is 5.82 Å². The molecule has 5 rings (SSSR count). The first-order chi connectivity index (χ1) is 14.2. The normalized spacial score (nSPS) is 20.5. The second-order valence-corrected chi connectivity index (χ2v) is 8.17. The summed E-state index contributed by atoms with van der Waals surface area (Å²) < 4.78 is 21.3. The van der Waals surface area contributed by atoms with Crippen LogP contribution >= 0.6 is 24.0 Å². The van der Waals surface area contributed by atoms with Gasteiger partial charge in [-0.1, -0.05) is 11.6 Å². The average Bonchev–Trinajstić information content (AvgIpc) is 3.06. The highest BCUT2D eigenvalue weighted by Gasteiger charge is 2.30. The lowest BCUT2D eigenvalue weighted by Crippen LogP contribution is -2.25. The minimum atomic E-state index is -0.246. The zero-order valence-corrected chi connectivity index (χ0v) is 17.9. The van der Waals surface area contributed by atoms with Gasteiger partial charge in [0, 0.05) is 17.5 Å². The number of halogens is 3. The molecule has 1 aromatic heterocycles. The Bertz CT molecular complexity index is 1020. The van der Waals surface area contributed by atoms with Gasteiger partial charge in [0.05, 0.1) is 18.3 Å². The summed E-state index contributed by atoms with van der Waals surface area (Å²) in [6.07, 6.45) is 4.00. The number of hydrogen-bond donors (Lipinski definition) is 1. The van der Waals surface area contributed by atoms with Crippen LogP contribution in [0.3, 0.4) is 0 Å². The van der Waals surface area contributed by atoms with Crippen molar-refractivity contribution in [1.29, 1.82) is 0 Å². The second kappa shape index (κ2) is 8.92. The third kappa shape index (κ3) is 4.17. The SMILES string of the molecule is Cl.Fc1ccc(OC2CCC(c3nnc4n3-c3ccc(Cl)cc3CNC4)CC2)cc1. The van der Waals surface area contributed by atoms with E-state index in [1.807, 2.05) is 12.1 Å². The Morgan fingerprint density at radius 3 is 2.53 bits per heavy atom. The molecule has 1 aliphatic carbocycles. The van der Waals surface area contributed by atoms with Gasteiger partial charge in [0.25, 0.3) is 0 Å². The molecule has 1 fully saturated rings. The summed E-state index contributed by atoms with van der Waals surface area (Å²) in [5.74, 6) is 2.77. The number of nitrogens with one attached hydrogen (secondary N) is 1. The van der Waals surface area contributed by atoms with Crippen molar-refractivity contribution in [2.75, 3.05) is 0 Å². The van der Waals surface area contributed by atoms with E-state index in [0.717, 1.165) is 65.9 Å². The highest BCUT2D eigenvalue weighted by atomic mass is 35.5. The van der Waals surface area contributed by atoms with Crippen LogP contribution in [0.1, 0.15) is 48.8 Å². The third-order valence-electron chi connectivity index (χ3n) is 5.79. The van der Waals surface area contributed by atoms with Crippen molar-refractivity contribution in [3.8, 4) is 11.4 Å². The molecule has 8 heteroatoms. The number of aromatic nitrogens is 3. The molecule has 0 unspecified atom stereocenters. The maximum absolute atomic E-state index is 13.1. The molecule has 3 aromatic rings. The van der Waals surface area contributed by atoms with Crippen LogP contribution in [0.25, 0.3) is 5.69 Å². The molecule has 0 amide bonds. The Labute approximate surface area is 186 Å². The van der Waals surface area contributed by atoms with Crippen LogP contribution in [0.15, 0.2) is 42.5 Å². The van der Waals surface area contributed by atoms with Crippen molar-refractivity contribution in [3.05, 3.63) is 70.5 Å². The molecule has 0 radical (unpaired) electrons. The summed E-state index contributed by atoms with van der Waals surface area (Å²) in [5, 5.41) is 13.2. The van der Waals surface area contributed by atoms with E-state index in [1.54, 1.807) is 12.1 Å². The molecule has 158 valence electrons. The Kier molecular flexibility index (Phi) is 6.27. The fourth-order valence-corrected chi connectivity index (χ4v) is 4.53. The summed E-state index contributed by atoms with van der Waals surface area (Å²) in [6, 6.07) is 12.2. The molecule has 0 bridgehead atoms. The number of rotatable bonds is 3. The highest BCUT2D eigenvalue weighted by molar-refractivity contribution is 6.30. The van der Waals surface area contributed by atoms with Crippen molar-refractivity contribution < 1.29 is 9.13 Å². The van der Waals surface area contributed by atoms with Gasteiger partial charge in [0.2, 0.25) is 0 Å². The Balaban J connectivity index is 0.00000218. The van der Waals surface area contributed by atoms with E-state index in [2.05, 4.69) is 26.1 Å². The first kappa shape index (κ1) is 21.1. The van der Waals surface area contributed by atoms with Crippen LogP contribution in [0.4, 0.5) is 4.39 Å². The van der Waals surface area contributed by atoms with Crippen LogP contribution in [0.2, 0.25) is 5.02 Å². The molecule has 2 aromatic carbocycles. The fourth-order valence-electron chi connectivity index (χ4n) is 4.34. The summed E-state index contributed by atoms with van der Waals surface area (Å²) in [5.41, 5.74) is 2.27. The highest BCUT2D eigenvalue weighted by Crippen LogP contribution is 2.36. The predicted molar refractivity (Wildman–Crippen MR) is 116 cm³/mol. The number of benzene rings is 2. The maximum atomic E-state index is 13.1. The molecular formula is C22H23Cl2FN4O. The van der Waals surface area contributed by atoms with Gasteiger partial charge in [-0.2, -0.15) is 0 Å². The van der Waals surface area contributed by atoms with E-state index in [1.165, 1.54) is 12.1 Å². The molecule has 0 atom stereocenters. The van der Waals surface area contributed by atoms with E-state index in [4.69, 9.17) is 16.3 Å². The summed E-state index contributed by atoms with van der Waals surface area (Å²) in [7, 11) is 0. The van der Waals surface area contributed by atoms with Crippen LogP contribution < -0.4 is 10.1 Å². The molecule has 1 saturated carbocycles. The van der Waals surface area contributed by atoms with Gasteiger partial charge in [0.1, 0.15) is 17.4 Å². The van der Waals surface area contributed by atoms with E-state index in [-0.39, 0.29) is 24.3 Å². The predicted octanol–water partition coefficient (Wildman–Crippen LogP) is 5.19. The van der Waals surface area contributed by atoms with Crippen LogP contribution in [0.5, 0.6) is 5.75 Å². The molecule has 1 N–H and O–H groups in total. The first-order valence-electron chi connectivity index (χ1n) is 10.0. The van der Waals surface area contributed by atoms with E-state index >= 15 is 0 Å². The molecular weight excluding hydrogens is 426 g/mol. The molecule has 5 nitrogen and oxygen atoms in total. The number of nitrogens with zero attached hydrogens (tertiary/aromatic N) is 3. The van der Waals surface area contributed by atoms with Crippen molar-refractivity contribution >= 4 is 24.0 Å². The van der Waals surface area contributed by atoms with E-state index in [0.29, 0.717) is 12.5 Å². The maximum Gasteiger partial charge on any atom is 0.151 e. The Hall–Kier alpha value is -2.15. The van der Waals surface area contributed by atoms with Gasteiger partial charge in [-0.05, 0) is 73.7 Å². The summed E-state index contributed by atoms with van der Waals surface area (Å²) in [6.45, 7) is 1.44. The standard InChI is InChI=1S/C22H22ClFN4O.ClH/c23-16-3-10-20-15(11-16)12-25-13-21-26-27-22(28(20)21)14-1-6-18(7-2-14)29-19-8-4-17(24)5-9-19;/h3-5,8-11,14,18,25H,1-2,6-7,12-13H2;1H. The molecule has 2 aliphatic rings. The number of fused-ring (bicyclic) bond motifs is 3. The van der Waals surface area contributed by atoms with E-state index < -0.39 is 0 Å². The van der Waals surface area contributed by atoms with Crippen molar-refractivity contribution in [2.24, 2.45) is 0 Å². The third-order valence-corrected chi connectivity index (χ3v) is 6.03. The van der Waals surface area contributed by atoms with Gasteiger partial charge in [0.15, 0.2) is 5.82 Å². The van der Waals surface area contributed by atoms with Crippen LogP contribution in [-0.4, -0.2) is 20.9 Å². The van der Waals surface area contributed by atoms with E-state index in [9.17, 15) is 4.39 Å². The van der Waals surface area contributed by atoms with Gasteiger partial charge in [-0.3, -0.25) is 4.57 Å². The minimum Gasteiger partial charge on any atom is -0.490 e. The Morgan fingerprint density at radius 1 is 1.00 bits per heavy atom. The largest absolute Gasteiger partial charge is 0.490 e. The quantitative estimate of drug-likeness (QED) is 0.598. The zero-order chi connectivity index (χ0) is 19.8. The van der Waals surface area contributed by atoms with Crippen LogP contribution in [-0.2, 0) is 13.1 Å². The van der Waals surface area contributed by atoms with Gasteiger partial charge < -0.3 is 10.1 Å². The van der Waals surface area contributed by atoms with Gasteiger partial charge in [-0.15, -0.1) is 22.6 Å². The molecule has 2 heterocycles. The Morgan fingerprint density at radius 2 is 1.77 bits per heavy atom. The molecule has 30 heavy (non-hydrogen) atoms. The summed E-state index contributed by atoms with van der Waals surface area (Å²) >= 11 is 6.21. The molecule has 0 spiro atoms. The topological polar surface area (TPSA) is 52.0 Å². The van der Waals surface area contributed by atoms with Crippen molar-refractivity contribution in [2.45, 2.75) is 50.8 Å². The van der Waals surface area contributed by atoms with Gasteiger partial charge >= 0.3 is 0 Å². The monoisotopic (exact) mass is 448 g/mol. The number of ether oxygens (including phenoxy) is 1. The van der Waals surface area contributed by atoms with Gasteiger partial charge in [-0.25, -0.2) is 4.39 Å². The zero-order valence-electron chi connectivity index (χ0n) is 16.4. The van der Waals surface area contributed by atoms with Crippen molar-refractivity contribution in [3.63, 3.8) is 0 Å². The van der Waals surface area contributed by atoms with Crippen molar-refractivity contribution in [1.82, 2.24) is 20.1 Å². The summed E-state index contributed by atoms with van der Waals surface area (Å²) in [4.78, 5) is 0.